The van der Waals surface area contributed by atoms with Gasteiger partial charge in [0.2, 0.25) is 5.91 Å². The molecule has 3 heterocycles. The number of benzene rings is 2. The molecule has 1 aliphatic rings. The van der Waals surface area contributed by atoms with Crippen LogP contribution in [-0.4, -0.2) is 15.7 Å². The number of aromatic nitrogens is 2. The van der Waals surface area contributed by atoms with Crippen molar-refractivity contribution in [1.82, 2.24) is 20.4 Å². The van der Waals surface area contributed by atoms with Gasteiger partial charge in [0.25, 0.3) is 0 Å². The van der Waals surface area contributed by atoms with E-state index < -0.39 is 0 Å². The maximum Gasteiger partial charge on any atom is 0.244 e. The van der Waals surface area contributed by atoms with Gasteiger partial charge in [-0.2, -0.15) is 5.10 Å². The summed E-state index contributed by atoms with van der Waals surface area (Å²) in [6.45, 7) is 1.00. The third-order valence-corrected chi connectivity index (χ3v) is 6.61. The molecule has 0 bridgehead atoms. The lowest BCUT2D eigenvalue weighted by Crippen LogP contribution is -2.26. The Balaban J connectivity index is 1.26. The van der Waals surface area contributed by atoms with Gasteiger partial charge >= 0.3 is 0 Å². The van der Waals surface area contributed by atoms with Gasteiger partial charge in [-0.05, 0) is 63.0 Å². The highest BCUT2D eigenvalue weighted by Gasteiger charge is 2.24. The largest absolute Gasteiger partial charge is 0.465 e. The minimum Gasteiger partial charge on any atom is -0.465 e. The predicted octanol–water partition coefficient (Wildman–Crippen LogP) is 5.98. The van der Waals surface area contributed by atoms with Crippen LogP contribution in [0.5, 0.6) is 0 Å². The van der Waals surface area contributed by atoms with Crippen LogP contribution in [0.25, 0.3) is 11.9 Å². The molecule has 0 saturated heterocycles. The second-order valence-electron chi connectivity index (χ2n) is 8.19. The van der Waals surface area contributed by atoms with E-state index >= 15 is 0 Å². The lowest BCUT2D eigenvalue weighted by molar-refractivity contribution is -0.116. The minimum atomic E-state index is -0.183. The van der Waals surface area contributed by atoms with Gasteiger partial charge in [0.05, 0.1) is 23.0 Å². The predicted molar refractivity (Wildman–Crippen MR) is 145 cm³/mol. The van der Waals surface area contributed by atoms with Gasteiger partial charge in [0.1, 0.15) is 17.4 Å². The summed E-state index contributed by atoms with van der Waals surface area (Å²) < 4.78 is 7.90. The van der Waals surface area contributed by atoms with E-state index in [1.54, 1.807) is 30.7 Å². The number of furan rings is 1. The quantitative estimate of drug-likeness (QED) is 0.230. The average molecular weight is 565 g/mol. The molecule has 2 aromatic heterocycles. The Labute approximate surface area is 222 Å². The van der Waals surface area contributed by atoms with Gasteiger partial charge in [-0.3, -0.25) is 4.79 Å². The molecule has 2 aromatic carbocycles. The fraction of sp³-hybridized carbons (Fsp3) is 0.111. The first-order valence-corrected chi connectivity index (χ1v) is 12.5. The van der Waals surface area contributed by atoms with Gasteiger partial charge in [-0.15, -0.1) is 0 Å². The van der Waals surface area contributed by atoms with Crippen molar-refractivity contribution in [2.24, 2.45) is 0 Å². The van der Waals surface area contributed by atoms with Crippen LogP contribution in [0.3, 0.4) is 0 Å². The maximum absolute atomic E-state index is 12.1. The first-order chi connectivity index (χ1) is 17.6. The molecule has 182 valence electrons. The number of nitrogens with zero attached hydrogens (tertiary/aromatic N) is 2. The highest BCUT2D eigenvalue weighted by atomic mass is 79.9. The van der Waals surface area contributed by atoms with Crippen LogP contribution in [0, 0.1) is 0 Å². The molecule has 1 atom stereocenters. The smallest absolute Gasteiger partial charge is 0.244 e. The first kappa shape index (κ1) is 24.0. The van der Waals surface area contributed by atoms with Crippen molar-refractivity contribution >= 4 is 51.2 Å². The van der Waals surface area contributed by atoms with Gasteiger partial charge in [0, 0.05) is 24.2 Å². The number of carbonyl (C=O) groups is 1. The Morgan fingerprint density at radius 3 is 2.78 bits per heavy atom. The summed E-state index contributed by atoms with van der Waals surface area (Å²) in [5, 5.41) is 15.1. The van der Waals surface area contributed by atoms with E-state index in [0.717, 1.165) is 32.8 Å². The monoisotopic (exact) mass is 563 g/mol. The third kappa shape index (κ3) is 5.56. The molecule has 0 fully saturated rings. The summed E-state index contributed by atoms with van der Waals surface area (Å²) >= 11 is 10.0. The van der Waals surface area contributed by atoms with Crippen LogP contribution >= 0.6 is 27.5 Å². The van der Waals surface area contributed by atoms with Crippen LogP contribution in [0.4, 0.5) is 5.82 Å². The number of hydrogen-bond acceptors (Lipinski definition) is 5. The first-order valence-electron chi connectivity index (χ1n) is 11.3. The molecular formula is C27H23BrClN5O2. The number of halogens is 2. The number of amides is 1. The molecule has 5 rings (SSSR count). The molecule has 1 aliphatic heterocycles. The Hall–Kier alpha value is -3.75. The second-order valence-corrected chi connectivity index (χ2v) is 9.45. The van der Waals surface area contributed by atoms with Crippen molar-refractivity contribution in [2.75, 3.05) is 5.32 Å². The summed E-state index contributed by atoms with van der Waals surface area (Å²) in [4.78, 5) is 12.1. The van der Waals surface area contributed by atoms with E-state index in [1.165, 1.54) is 6.08 Å². The summed E-state index contributed by atoms with van der Waals surface area (Å²) in [5.41, 5.74) is 3.07. The van der Waals surface area contributed by atoms with Crippen molar-refractivity contribution < 1.29 is 9.21 Å². The SMILES string of the molecule is O=C(/C=C/c1ccco1)NCc1cccc(CNC2=CC(c3ccccc3Cl)Nc3c(Br)cnn32)c1. The Bertz CT molecular complexity index is 1430. The number of hydrogen-bond donors (Lipinski definition) is 3. The Morgan fingerprint density at radius 2 is 1.97 bits per heavy atom. The fourth-order valence-electron chi connectivity index (χ4n) is 3.92. The number of anilines is 1. The number of nitrogens with one attached hydrogen (secondary N) is 3. The molecule has 0 saturated carbocycles. The highest BCUT2D eigenvalue weighted by molar-refractivity contribution is 9.10. The van der Waals surface area contributed by atoms with Gasteiger partial charge < -0.3 is 20.4 Å². The van der Waals surface area contributed by atoms with Gasteiger partial charge in [-0.1, -0.05) is 54.1 Å². The van der Waals surface area contributed by atoms with E-state index in [-0.39, 0.29) is 11.9 Å². The Kier molecular flexibility index (Phi) is 7.25. The van der Waals surface area contributed by atoms with E-state index in [1.807, 2.05) is 47.1 Å². The molecule has 3 N–H and O–H groups in total. The van der Waals surface area contributed by atoms with Crippen molar-refractivity contribution in [3.8, 4) is 0 Å². The average Bonchev–Trinajstić information content (AvgIpc) is 3.55. The molecular weight excluding hydrogens is 542 g/mol. The standard InChI is InChI=1S/C27H23BrClN5O2/c28-22-17-32-34-25(14-24(33-27(22)34)21-8-1-2-9-23(21)29)30-15-18-5-3-6-19(13-18)16-31-26(35)11-10-20-7-4-12-36-20/h1-14,17,24,30,33H,15-16H2,(H,31,35)/b11-10+. The molecule has 1 amide bonds. The van der Waals surface area contributed by atoms with Crippen LogP contribution < -0.4 is 16.0 Å². The maximum atomic E-state index is 12.1. The van der Waals surface area contributed by atoms with E-state index in [9.17, 15) is 4.79 Å². The molecule has 9 heteroatoms. The van der Waals surface area contributed by atoms with E-state index in [2.05, 4.69) is 49.1 Å². The van der Waals surface area contributed by atoms with Crippen LogP contribution in [0.2, 0.25) is 5.02 Å². The topological polar surface area (TPSA) is 84.1 Å². The molecule has 1 unspecified atom stereocenters. The summed E-state index contributed by atoms with van der Waals surface area (Å²) in [6.07, 6.45) is 8.50. The van der Waals surface area contributed by atoms with Crippen molar-refractivity contribution in [3.63, 3.8) is 0 Å². The van der Waals surface area contributed by atoms with Crippen LogP contribution in [0.1, 0.15) is 28.5 Å². The van der Waals surface area contributed by atoms with Crippen LogP contribution in [0.15, 0.2) is 94.2 Å². The lowest BCUT2D eigenvalue weighted by Gasteiger charge is -2.27. The molecule has 36 heavy (non-hydrogen) atoms. The molecule has 0 radical (unpaired) electrons. The van der Waals surface area contributed by atoms with Crippen molar-refractivity contribution in [1.29, 1.82) is 0 Å². The molecule has 0 aliphatic carbocycles. The number of fused-ring (bicyclic) bond motifs is 1. The van der Waals surface area contributed by atoms with Gasteiger partial charge in [0.15, 0.2) is 0 Å². The molecule has 7 nitrogen and oxygen atoms in total. The lowest BCUT2D eigenvalue weighted by atomic mass is 10.1. The highest BCUT2D eigenvalue weighted by Crippen LogP contribution is 2.35. The van der Waals surface area contributed by atoms with Crippen molar-refractivity contribution in [2.45, 2.75) is 19.1 Å². The number of rotatable bonds is 8. The zero-order valence-electron chi connectivity index (χ0n) is 19.1. The Morgan fingerprint density at radius 1 is 1.14 bits per heavy atom. The summed E-state index contributed by atoms with van der Waals surface area (Å²) in [5.74, 6) is 2.15. The zero-order chi connectivity index (χ0) is 24.9. The second kappa shape index (κ2) is 10.9. The molecule has 4 aromatic rings. The van der Waals surface area contributed by atoms with Crippen LogP contribution in [-0.2, 0) is 17.9 Å². The molecule has 0 spiro atoms. The minimum absolute atomic E-state index is 0.113. The fourth-order valence-corrected chi connectivity index (χ4v) is 4.55. The number of carbonyl (C=O) groups excluding carboxylic acids is 1. The third-order valence-electron chi connectivity index (χ3n) is 5.68. The van der Waals surface area contributed by atoms with Gasteiger partial charge in [-0.25, -0.2) is 4.68 Å². The van der Waals surface area contributed by atoms with Crippen molar-refractivity contribution in [3.05, 3.63) is 117 Å². The normalized spacial score (nSPS) is 14.7. The van der Waals surface area contributed by atoms with E-state index in [4.69, 9.17) is 16.0 Å². The summed E-state index contributed by atoms with van der Waals surface area (Å²) in [7, 11) is 0. The van der Waals surface area contributed by atoms with E-state index in [0.29, 0.717) is 23.9 Å². The zero-order valence-corrected chi connectivity index (χ0v) is 21.5. The summed E-state index contributed by atoms with van der Waals surface area (Å²) in [6, 6.07) is 19.3.